The molecule has 62 heavy (non-hydrogen) atoms. The average molecular weight is 844 g/mol. The molecule has 9 rings (SSSR count). The maximum Gasteiger partial charge on any atom is 0.328 e. The third-order valence-corrected chi connectivity index (χ3v) is 13.0. The summed E-state index contributed by atoms with van der Waals surface area (Å²) >= 11 is 0. The van der Waals surface area contributed by atoms with E-state index in [-0.39, 0.29) is 35.2 Å². The van der Waals surface area contributed by atoms with Gasteiger partial charge in [0.25, 0.3) is 0 Å². The molecule has 1 atom stereocenters. The van der Waals surface area contributed by atoms with Crippen molar-refractivity contribution in [3.05, 3.63) is 72.8 Å². The number of piperidine rings is 2. The summed E-state index contributed by atoms with van der Waals surface area (Å²) < 4.78 is 7.32. The van der Waals surface area contributed by atoms with Gasteiger partial charge in [0.15, 0.2) is 5.82 Å². The monoisotopic (exact) mass is 843 g/mol. The summed E-state index contributed by atoms with van der Waals surface area (Å²) in [4.78, 5) is 67.1. The van der Waals surface area contributed by atoms with Crippen LogP contribution in [0.15, 0.2) is 65.6 Å². The molecular formula is C45H57N13O4. The van der Waals surface area contributed by atoms with E-state index in [2.05, 4.69) is 69.6 Å². The number of urea groups is 1. The predicted octanol–water partition coefficient (Wildman–Crippen LogP) is 4.99. The lowest BCUT2D eigenvalue weighted by atomic mass is 9.90. The number of imide groups is 1. The number of hydrogen-bond donors (Lipinski definition) is 2. The fourth-order valence-corrected chi connectivity index (χ4v) is 9.16. The van der Waals surface area contributed by atoms with Crippen LogP contribution in [-0.2, 0) is 10.2 Å². The number of amides is 4. The van der Waals surface area contributed by atoms with Gasteiger partial charge in [-0.25, -0.2) is 19.7 Å². The largest absolute Gasteiger partial charge is 0.372 e. The Morgan fingerprint density at radius 1 is 0.855 bits per heavy atom. The number of aromatic nitrogens is 6. The van der Waals surface area contributed by atoms with Gasteiger partial charge >= 0.3 is 17.8 Å². The van der Waals surface area contributed by atoms with Crippen molar-refractivity contribution in [2.24, 2.45) is 11.8 Å². The molecule has 326 valence electrons. The zero-order valence-corrected chi connectivity index (χ0v) is 36.2. The van der Waals surface area contributed by atoms with E-state index in [1.807, 2.05) is 68.9 Å². The minimum Gasteiger partial charge on any atom is -0.372 e. The van der Waals surface area contributed by atoms with Crippen LogP contribution in [0.3, 0.4) is 0 Å². The summed E-state index contributed by atoms with van der Waals surface area (Å²) in [5, 5.41) is 9.49. The van der Waals surface area contributed by atoms with Crippen molar-refractivity contribution in [3.8, 4) is 11.3 Å². The van der Waals surface area contributed by atoms with Crippen LogP contribution in [0.25, 0.3) is 16.9 Å². The Labute approximate surface area is 361 Å². The molecule has 0 aliphatic carbocycles. The first kappa shape index (κ1) is 41.3. The quantitative estimate of drug-likeness (QED) is 0.193. The minimum atomic E-state index is -0.351. The smallest absolute Gasteiger partial charge is 0.328 e. The van der Waals surface area contributed by atoms with E-state index in [0.29, 0.717) is 30.6 Å². The molecular weight excluding hydrogens is 787 g/mol. The molecule has 0 saturated carbocycles. The fourth-order valence-electron chi connectivity index (χ4n) is 9.16. The second-order valence-corrected chi connectivity index (χ2v) is 18.3. The molecule has 4 aliphatic heterocycles. The number of hydrogen-bond acceptors (Lipinski definition) is 13. The van der Waals surface area contributed by atoms with Gasteiger partial charge in [0, 0.05) is 125 Å². The molecule has 4 fully saturated rings. The highest BCUT2D eigenvalue weighted by Gasteiger charge is 2.31. The van der Waals surface area contributed by atoms with E-state index in [4.69, 9.17) is 14.5 Å². The van der Waals surface area contributed by atoms with E-state index in [1.54, 1.807) is 4.90 Å². The first-order valence-corrected chi connectivity index (χ1v) is 22.1. The van der Waals surface area contributed by atoms with Gasteiger partial charge in [0.2, 0.25) is 11.9 Å². The van der Waals surface area contributed by atoms with Gasteiger partial charge in [0.1, 0.15) is 11.5 Å². The Hall–Kier alpha value is -6.10. The lowest BCUT2D eigenvalue weighted by Gasteiger charge is -2.39. The number of nitrogens with one attached hydrogen (secondary N) is 2. The second-order valence-electron chi connectivity index (χ2n) is 18.3. The van der Waals surface area contributed by atoms with Crippen molar-refractivity contribution < 1.29 is 18.9 Å². The molecule has 17 heteroatoms. The van der Waals surface area contributed by atoms with E-state index in [0.717, 1.165) is 119 Å². The molecule has 4 saturated heterocycles. The summed E-state index contributed by atoms with van der Waals surface area (Å²) in [6, 6.07) is 14.0. The Kier molecular flexibility index (Phi) is 11.5. The average Bonchev–Trinajstić information content (AvgIpc) is 3.99. The Bertz CT molecular complexity index is 2370. The molecule has 8 heterocycles. The van der Waals surface area contributed by atoms with Crippen molar-refractivity contribution >= 4 is 46.6 Å². The number of nitrogens with zero attached hydrogens (tertiary/aromatic N) is 11. The zero-order valence-electron chi connectivity index (χ0n) is 36.2. The zero-order chi connectivity index (χ0) is 43.0. The molecule has 0 radical (unpaired) electrons. The molecule has 1 aromatic carbocycles. The summed E-state index contributed by atoms with van der Waals surface area (Å²) in [7, 11) is 0. The first-order valence-electron chi connectivity index (χ1n) is 22.1. The van der Waals surface area contributed by atoms with Gasteiger partial charge in [-0.2, -0.15) is 4.98 Å². The van der Waals surface area contributed by atoms with Gasteiger partial charge in [0.05, 0.1) is 5.69 Å². The third kappa shape index (κ3) is 8.94. The minimum absolute atomic E-state index is 0.00225. The van der Waals surface area contributed by atoms with Crippen molar-refractivity contribution in [1.29, 1.82) is 0 Å². The molecule has 4 aliphatic rings. The van der Waals surface area contributed by atoms with Gasteiger partial charge in [-0.1, -0.05) is 25.9 Å². The lowest BCUT2D eigenvalue weighted by Crippen LogP contribution is -2.49. The summed E-state index contributed by atoms with van der Waals surface area (Å²) in [5.41, 5.74) is 4.33. The number of carbonyl (C=O) groups is 3. The molecule has 5 aromatic rings. The number of benzene rings is 1. The van der Waals surface area contributed by atoms with Crippen LogP contribution in [0, 0.1) is 11.8 Å². The standard InChI is InChI=1S/C45H57N13O4/c1-30(48-40(60)41-51-42(52-62-41)45(2,3)4)32-13-19-56(20-14-32)43-49-36(27-38-46-16-22-58(38)43)33-5-10-37(47-28-33)55-25-23-53(24-26-55)29-31-11-17-54(18-12-31)34-6-8-35(9-7-34)57-21-15-39(59)50-44(57)61/h5-10,16,22,27-28,30-32H,11-15,17-21,23-26,29H2,1-4H3,(H,48,60)(H,50,59,61)/t30-/m1/s1. The number of imidazole rings is 1. The predicted molar refractivity (Wildman–Crippen MR) is 237 cm³/mol. The van der Waals surface area contributed by atoms with Crippen molar-refractivity contribution in [1.82, 2.24) is 45.0 Å². The summed E-state index contributed by atoms with van der Waals surface area (Å²) in [5.74, 6) is 2.77. The van der Waals surface area contributed by atoms with Crippen LogP contribution in [0.4, 0.5) is 27.9 Å². The molecule has 0 bridgehead atoms. The number of carbonyl (C=O) groups excluding carboxylic acids is 3. The normalized spacial score (nSPS) is 19.3. The van der Waals surface area contributed by atoms with Crippen LogP contribution >= 0.6 is 0 Å². The van der Waals surface area contributed by atoms with Crippen molar-refractivity contribution in [3.63, 3.8) is 0 Å². The van der Waals surface area contributed by atoms with Crippen LogP contribution < -0.4 is 30.2 Å². The Balaban J connectivity index is 0.746. The topological polar surface area (TPSA) is 173 Å². The third-order valence-electron chi connectivity index (χ3n) is 13.0. The number of anilines is 4. The van der Waals surface area contributed by atoms with E-state index in [9.17, 15) is 14.4 Å². The van der Waals surface area contributed by atoms with Gasteiger partial charge in [-0.15, -0.1) is 0 Å². The maximum atomic E-state index is 12.9. The Morgan fingerprint density at radius 2 is 1.58 bits per heavy atom. The maximum absolute atomic E-state index is 12.9. The van der Waals surface area contributed by atoms with E-state index in [1.165, 1.54) is 5.69 Å². The molecule has 0 unspecified atom stereocenters. The molecule has 2 N–H and O–H groups in total. The highest BCUT2D eigenvalue weighted by atomic mass is 16.5. The van der Waals surface area contributed by atoms with Gasteiger partial charge in [-0.3, -0.25) is 29.1 Å². The van der Waals surface area contributed by atoms with Crippen LogP contribution in [0.5, 0.6) is 0 Å². The van der Waals surface area contributed by atoms with Crippen molar-refractivity contribution in [2.45, 2.75) is 71.3 Å². The highest BCUT2D eigenvalue weighted by molar-refractivity contribution is 6.05. The molecule has 4 amide bonds. The van der Waals surface area contributed by atoms with Crippen molar-refractivity contribution in [2.75, 3.05) is 85.0 Å². The molecule has 17 nitrogen and oxygen atoms in total. The number of pyridine rings is 1. The van der Waals surface area contributed by atoms with E-state index < -0.39 is 0 Å². The summed E-state index contributed by atoms with van der Waals surface area (Å²) in [6.07, 6.45) is 10.1. The SMILES string of the molecule is C[C@@H](NC(=O)c1nc(C(C)(C)C)no1)C1CCN(c2nc(-c3ccc(N4CCN(CC5CCN(c6ccc(N7CCC(=O)NC7=O)cc6)CC5)CC4)nc3)cc3nccn23)CC1. The molecule has 4 aromatic heterocycles. The molecule has 0 spiro atoms. The number of fused-ring (bicyclic) bond motifs is 1. The van der Waals surface area contributed by atoms with Gasteiger partial charge in [-0.05, 0) is 80.8 Å². The summed E-state index contributed by atoms with van der Waals surface area (Å²) in [6.45, 7) is 17.1. The second kappa shape index (κ2) is 17.3. The fraction of sp³-hybridized carbons (Fsp3) is 0.511. The lowest BCUT2D eigenvalue weighted by molar-refractivity contribution is -0.120. The van der Waals surface area contributed by atoms with Crippen LogP contribution in [-0.4, -0.2) is 124 Å². The first-order chi connectivity index (χ1) is 29.9. The Morgan fingerprint density at radius 3 is 2.26 bits per heavy atom. The number of rotatable bonds is 10. The number of piperazine rings is 1. The highest BCUT2D eigenvalue weighted by Crippen LogP contribution is 2.30. The van der Waals surface area contributed by atoms with Crippen LogP contribution in [0.1, 0.15) is 76.3 Å². The van der Waals surface area contributed by atoms with Gasteiger partial charge < -0.3 is 24.5 Å². The van der Waals surface area contributed by atoms with Crippen LogP contribution in [0.2, 0.25) is 0 Å². The van der Waals surface area contributed by atoms with E-state index >= 15 is 0 Å².